The quantitative estimate of drug-likeness (QED) is 0.490. The zero-order chi connectivity index (χ0) is 18.7. The van der Waals surface area contributed by atoms with Crippen LogP contribution in [-0.4, -0.2) is 32.1 Å². The predicted molar refractivity (Wildman–Crippen MR) is 109 cm³/mol. The number of nitrogens with two attached hydrogens (primary N) is 1. The number of aromatic nitrogens is 1. The number of hydrogen-bond donors (Lipinski definition) is 1. The Morgan fingerprint density at radius 1 is 1.00 bits per heavy atom. The van der Waals surface area contributed by atoms with Crippen molar-refractivity contribution in [1.82, 2.24) is 4.98 Å². The van der Waals surface area contributed by atoms with Crippen molar-refractivity contribution in [3.63, 3.8) is 0 Å². The van der Waals surface area contributed by atoms with Crippen LogP contribution >= 0.6 is 23.7 Å². The summed E-state index contributed by atoms with van der Waals surface area (Å²) in [4.78, 5) is 17.3. The molecule has 27 heavy (non-hydrogen) atoms. The molecule has 1 heterocycles. The number of ketones is 1. The molecular formula is C19H19ClN2O4S. The number of anilines is 1. The predicted octanol–water partition coefficient (Wildman–Crippen LogP) is 4.07. The number of rotatable bonds is 6. The van der Waals surface area contributed by atoms with Gasteiger partial charge in [0, 0.05) is 22.2 Å². The third-order valence-electron chi connectivity index (χ3n) is 3.82. The first-order chi connectivity index (χ1) is 12.6. The molecule has 0 spiro atoms. The topological polar surface area (TPSA) is 83.7 Å². The first-order valence-corrected chi connectivity index (χ1v) is 8.61. The molecule has 0 radical (unpaired) electrons. The monoisotopic (exact) mass is 406 g/mol. The van der Waals surface area contributed by atoms with E-state index in [4.69, 9.17) is 19.9 Å². The highest BCUT2D eigenvalue weighted by Crippen LogP contribution is 2.39. The van der Waals surface area contributed by atoms with E-state index in [1.54, 1.807) is 29.6 Å². The lowest BCUT2D eigenvalue weighted by atomic mass is 10.1. The molecule has 0 aliphatic rings. The van der Waals surface area contributed by atoms with Crippen LogP contribution in [0.2, 0.25) is 0 Å². The molecule has 6 nitrogen and oxygen atoms in total. The van der Waals surface area contributed by atoms with Gasteiger partial charge in [-0.15, -0.1) is 23.7 Å². The number of methoxy groups -OCH3 is 3. The van der Waals surface area contributed by atoms with Crippen LogP contribution in [0.4, 0.5) is 5.69 Å². The molecule has 142 valence electrons. The van der Waals surface area contributed by atoms with E-state index in [1.165, 1.54) is 32.7 Å². The van der Waals surface area contributed by atoms with Crippen molar-refractivity contribution >= 4 is 35.2 Å². The van der Waals surface area contributed by atoms with Crippen LogP contribution in [0.3, 0.4) is 0 Å². The zero-order valence-corrected chi connectivity index (χ0v) is 16.6. The Balaban J connectivity index is 0.00000261. The maximum atomic E-state index is 12.9. The number of hydrogen-bond acceptors (Lipinski definition) is 7. The van der Waals surface area contributed by atoms with Gasteiger partial charge in [0.25, 0.3) is 0 Å². The highest BCUT2D eigenvalue weighted by atomic mass is 35.5. The third-order valence-corrected chi connectivity index (χ3v) is 4.71. The SMILES string of the molecule is COc1cc(C(=O)c2csc(-c3ccc(N)cc3)n2)cc(OC)c1OC.Cl. The summed E-state index contributed by atoms with van der Waals surface area (Å²) in [5.41, 5.74) is 8.07. The van der Waals surface area contributed by atoms with Gasteiger partial charge in [0.15, 0.2) is 11.5 Å². The molecule has 2 aromatic carbocycles. The van der Waals surface area contributed by atoms with E-state index in [1.807, 2.05) is 12.1 Å². The fraction of sp³-hybridized carbons (Fsp3) is 0.158. The van der Waals surface area contributed by atoms with Crippen molar-refractivity contribution in [3.8, 4) is 27.8 Å². The fourth-order valence-corrected chi connectivity index (χ4v) is 3.30. The molecule has 0 aliphatic heterocycles. The number of ether oxygens (including phenoxy) is 3. The van der Waals surface area contributed by atoms with Gasteiger partial charge in [-0.1, -0.05) is 0 Å². The number of nitrogen functional groups attached to an aromatic ring is 1. The van der Waals surface area contributed by atoms with E-state index in [2.05, 4.69) is 4.98 Å². The average molecular weight is 407 g/mol. The van der Waals surface area contributed by atoms with Crippen LogP contribution in [0.15, 0.2) is 41.8 Å². The standard InChI is InChI=1S/C19H18N2O4S.ClH/c1-23-15-8-12(9-16(24-2)18(15)25-3)17(22)14-10-26-19(21-14)11-4-6-13(20)7-5-11;/h4-10H,20H2,1-3H3;1H. The number of benzene rings is 2. The number of nitrogens with zero attached hydrogens (tertiary/aromatic N) is 1. The lowest BCUT2D eigenvalue weighted by Gasteiger charge is -2.13. The molecule has 0 fully saturated rings. The summed E-state index contributed by atoms with van der Waals surface area (Å²) < 4.78 is 15.9. The van der Waals surface area contributed by atoms with E-state index in [9.17, 15) is 4.79 Å². The average Bonchev–Trinajstić information content (AvgIpc) is 3.16. The Bertz CT molecular complexity index is 916. The van der Waals surface area contributed by atoms with Gasteiger partial charge in [-0.05, 0) is 36.4 Å². The fourth-order valence-electron chi connectivity index (χ4n) is 2.50. The smallest absolute Gasteiger partial charge is 0.212 e. The second kappa shape index (κ2) is 8.75. The summed E-state index contributed by atoms with van der Waals surface area (Å²) in [6, 6.07) is 10.6. The molecule has 0 unspecified atom stereocenters. The molecule has 3 rings (SSSR count). The third kappa shape index (κ3) is 4.15. The molecule has 0 amide bonds. The van der Waals surface area contributed by atoms with Gasteiger partial charge in [-0.2, -0.15) is 0 Å². The zero-order valence-electron chi connectivity index (χ0n) is 15.0. The summed E-state index contributed by atoms with van der Waals surface area (Å²) in [5, 5.41) is 2.48. The Morgan fingerprint density at radius 2 is 1.59 bits per heavy atom. The van der Waals surface area contributed by atoms with Gasteiger partial charge in [0.2, 0.25) is 11.5 Å². The van der Waals surface area contributed by atoms with Crippen molar-refractivity contribution in [2.75, 3.05) is 27.1 Å². The first-order valence-electron chi connectivity index (χ1n) is 7.73. The molecule has 8 heteroatoms. The largest absolute Gasteiger partial charge is 0.493 e. The number of carbonyl (C=O) groups is 1. The summed E-state index contributed by atoms with van der Waals surface area (Å²) in [7, 11) is 4.53. The minimum absolute atomic E-state index is 0. The van der Waals surface area contributed by atoms with E-state index >= 15 is 0 Å². The Hall–Kier alpha value is -2.77. The summed E-state index contributed by atoms with van der Waals surface area (Å²) >= 11 is 1.40. The summed E-state index contributed by atoms with van der Waals surface area (Å²) in [5.74, 6) is 1.06. The van der Waals surface area contributed by atoms with Crippen LogP contribution in [-0.2, 0) is 0 Å². The first kappa shape index (κ1) is 20.5. The maximum absolute atomic E-state index is 12.9. The van der Waals surface area contributed by atoms with Crippen LogP contribution in [0.1, 0.15) is 16.1 Å². The summed E-state index contributed by atoms with van der Waals surface area (Å²) in [6.07, 6.45) is 0. The molecule has 3 aromatic rings. The maximum Gasteiger partial charge on any atom is 0.212 e. The van der Waals surface area contributed by atoms with Gasteiger partial charge < -0.3 is 19.9 Å². The van der Waals surface area contributed by atoms with Gasteiger partial charge >= 0.3 is 0 Å². The van der Waals surface area contributed by atoms with Crippen LogP contribution in [0.5, 0.6) is 17.2 Å². The highest BCUT2D eigenvalue weighted by molar-refractivity contribution is 7.13. The van der Waals surface area contributed by atoms with Crippen molar-refractivity contribution in [2.45, 2.75) is 0 Å². The summed E-state index contributed by atoms with van der Waals surface area (Å²) in [6.45, 7) is 0. The van der Waals surface area contributed by atoms with Crippen molar-refractivity contribution in [2.24, 2.45) is 0 Å². The lowest BCUT2D eigenvalue weighted by molar-refractivity contribution is 0.103. The molecule has 0 aliphatic carbocycles. The Morgan fingerprint density at radius 3 is 2.11 bits per heavy atom. The molecule has 0 bridgehead atoms. The molecule has 0 atom stereocenters. The minimum atomic E-state index is -0.220. The van der Waals surface area contributed by atoms with E-state index < -0.39 is 0 Å². The van der Waals surface area contributed by atoms with E-state index in [0.29, 0.717) is 34.2 Å². The number of halogens is 1. The van der Waals surface area contributed by atoms with E-state index in [-0.39, 0.29) is 18.2 Å². The van der Waals surface area contributed by atoms with Crippen molar-refractivity contribution in [3.05, 3.63) is 53.0 Å². The molecule has 0 saturated carbocycles. The van der Waals surface area contributed by atoms with E-state index in [0.717, 1.165) is 10.6 Å². The molecule has 0 saturated heterocycles. The normalized spacial score (nSPS) is 10.0. The van der Waals surface area contributed by atoms with Gasteiger partial charge in [0.05, 0.1) is 21.3 Å². The molecule has 1 aromatic heterocycles. The highest BCUT2D eigenvalue weighted by Gasteiger charge is 2.20. The van der Waals surface area contributed by atoms with Gasteiger partial charge in [0.1, 0.15) is 10.7 Å². The van der Waals surface area contributed by atoms with Gasteiger partial charge in [-0.3, -0.25) is 4.79 Å². The molecule has 2 N–H and O–H groups in total. The van der Waals surface area contributed by atoms with Gasteiger partial charge in [-0.25, -0.2) is 4.98 Å². The molecular weight excluding hydrogens is 388 g/mol. The Kier molecular flexibility index (Phi) is 6.65. The van der Waals surface area contributed by atoms with Crippen molar-refractivity contribution in [1.29, 1.82) is 0 Å². The van der Waals surface area contributed by atoms with Crippen LogP contribution in [0, 0.1) is 0 Å². The second-order valence-corrected chi connectivity index (χ2v) is 6.26. The number of thiazole rings is 1. The Labute approximate surface area is 167 Å². The van der Waals surface area contributed by atoms with Crippen LogP contribution in [0.25, 0.3) is 10.6 Å². The second-order valence-electron chi connectivity index (χ2n) is 5.40. The number of carbonyl (C=O) groups excluding carboxylic acids is 1. The minimum Gasteiger partial charge on any atom is -0.493 e. The lowest BCUT2D eigenvalue weighted by Crippen LogP contribution is -2.04. The van der Waals surface area contributed by atoms with Crippen LogP contribution < -0.4 is 19.9 Å². The van der Waals surface area contributed by atoms with Crippen molar-refractivity contribution < 1.29 is 19.0 Å².